The number of carbonyl (C=O) groups is 2. The summed E-state index contributed by atoms with van der Waals surface area (Å²) in [4.78, 5) is 30.4. The molecule has 1 atom stereocenters. The van der Waals surface area contributed by atoms with E-state index >= 15 is 0 Å². The molecule has 0 spiro atoms. The maximum Gasteiger partial charge on any atom is 0.260 e. The SMILES string of the molecule is O=C(COc1cccc(N2CCCC2=O)c1)N1CCC(N2CCC2)C1. The average Bonchev–Trinajstić information content (AvgIpc) is 3.21. The van der Waals surface area contributed by atoms with Gasteiger partial charge in [-0.25, -0.2) is 0 Å². The van der Waals surface area contributed by atoms with Crippen LogP contribution in [-0.2, 0) is 9.59 Å². The number of hydrogen-bond acceptors (Lipinski definition) is 4. The molecule has 3 aliphatic rings. The van der Waals surface area contributed by atoms with Crippen LogP contribution in [0.2, 0.25) is 0 Å². The Morgan fingerprint density at radius 2 is 2.04 bits per heavy atom. The molecular formula is C19H25N3O3. The first-order valence-corrected chi connectivity index (χ1v) is 9.26. The lowest BCUT2D eigenvalue weighted by Crippen LogP contribution is -2.47. The van der Waals surface area contributed by atoms with Crippen LogP contribution in [0.5, 0.6) is 5.75 Å². The monoisotopic (exact) mass is 343 g/mol. The highest BCUT2D eigenvalue weighted by Crippen LogP contribution is 2.25. The van der Waals surface area contributed by atoms with E-state index in [1.54, 1.807) is 4.90 Å². The van der Waals surface area contributed by atoms with Crippen LogP contribution in [0.3, 0.4) is 0 Å². The molecule has 0 N–H and O–H groups in total. The first-order valence-electron chi connectivity index (χ1n) is 9.26. The van der Waals surface area contributed by atoms with Gasteiger partial charge >= 0.3 is 0 Å². The third-order valence-electron chi connectivity index (χ3n) is 5.49. The van der Waals surface area contributed by atoms with Gasteiger partial charge in [0.15, 0.2) is 6.61 Å². The standard InChI is InChI=1S/C19H25N3O3/c23-18-6-2-10-22(18)15-4-1-5-17(12-15)25-14-19(24)21-11-7-16(13-21)20-8-3-9-20/h1,4-5,12,16H,2-3,6-11,13-14H2. The first-order chi connectivity index (χ1) is 12.2. The van der Waals surface area contributed by atoms with Gasteiger partial charge in [-0.15, -0.1) is 0 Å². The highest BCUT2D eigenvalue weighted by atomic mass is 16.5. The fraction of sp³-hybridized carbons (Fsp3) is 0.579. The van der Waals surface area contributed by atoms with Crippen molar-refractivity contribution < 1.29 is 14.3 Å². The van der Waals surface area contributed by atoms with Crippen molar-refractivity contribution in [2.45, 2.75) is 31.7 Å². The minimum atomic E-state index is 0.0469. The molecule has 25 heavy (non-hydrogen) atoms. The van der Waals surface area contributed by atoms with Gasteiger partial charge in [-0.3, -0.25) is 14.5 Å². The van der Waals surface area contributed by atoms with Crippen molar-refractivity contribution in [3.8, 4) is 5.75 Å². The summed E-state index contributed by atoms with van der Waals surface area (Å²) in [5, 5.41) is 0. The van der Waals surface area contributed by atoms with Crippen LogP contribution < -0.4 is 9.64 Å². The Balaban J connectivity index is 1.30. The van der Waals surface area contributed by atoms with E-state index in [4.69, 9.17) is 4.74 Å². The molecule has 0 radical (unpaired) electrons. The van der Waals surface area contributed by atoms with Gasteiger partial charge in [-0.2, -0.15) is 0 Å². The van der Waals surface area contributed by atoms with Crippen molar-refractivity contribution >= 4 is 17.5 Å². The molecule has 0 bridgehead atoms. The van der Waals surface area contributed by atoms with Crippen molar-refractivity contribution in [2.24, 2.45) is 0 Å². The van der Waals surface area contributed by atoms with Gasteiger partial charge in [0.1, 0.15) is 5.75 Å². The Hall–Kier alpha value is -2.08. The molecule has 1 aromatic rings. The lowest BCUT2D eigenvalue weighted by molar-refractivity contribution is -0.132. The lowest BCUT2D eigenvalue weighted by Gasteiger charge is -2.36. The van der Waals surface area contributed by atoms with E-state index in [1.807, 2.05) is 29.2 Å². The number of carbonyl (C=O) groups excluding carboxylic acids is 2. The number of ether oxygens (including phenoxy) is 1. The number of likely N-dealkylation sites (tertiary alicyclic amines) is 2. The Morgan fingerprint density at radius 3 is 2.76 bits per heavy atom. The van der Waals surface area contributed by atoms with Gasteiger partial charge < -0.3 is 14.5 Å². The van der Waals surface area contributed by atoms with E-state index in [-0.39, 0.29) is 18.4 Å². The molecule has 0 aromatic heterocycles. The number of hydrogen-bond donors (Lipinski definition) is 0. The summed E-state index contributed by atoms with van der Waals surface area (Å²) in [5.74, 6) is 0.844. The Kier molecular flexibility index (Phi) is 4.61. The van der Waals surface area contributed by atoms with Crippen LogP contribution >= 0.6 is 0 Å². The number of amides is 2. The second-order valence-electron chi connectivity index (χ2n) is 7.11. The normalized spacial score (nSPS) is 23.8. The van der Waals surface area contributed by atoms with Crippen molar-refractivity contribution in [2.75, 3.05) is 44.2 Å². The summed E-state index contributed by atoms with van der Waals surface area (Å²) >= 11 is 0. The van der Waals surface area contributed by atoms with E-state index in [2.05, 4.69) is 4.90 Å². The second-order valence-corrected chi connectivity index (χ2v) is 7.11. The van der Waals surface area contributed by atoms with Gasteiger partial charge in [0.05, 0.1) is 0 Å². The second kappa shape index (κ2) is 7.04. The molecular weight excluding hydrogens is 318 g/mol. The van der Waals surface area contributed by atoms with Crippen LogP contribution in [0.1, 0.15) is 25.7 Å². The van der Waals surface area contributed by atoms with Crippen molar-refractivity contribution in [1.82, 2.24) is 9.80 Å². The van der Waals surface area contributed by atoms with Crippen molar-refractivity contribution in [3.63, 3.8) is 0 Å². The van der Waals surface area contributed by atoms with E-state index < -0.39 is 0 Å². The summed E-state index contributed by atoms with van der Waals surface area (Å²) in [5.41, 5.74) is 0.853. The predicted molar refractivity (Wildman–Crippen MR) is 94.7 cm³/mol. The minimum Gasteiger partial charge on any atom is -0.484 e. The van der Waals surface area contributed by atoms with Gasteiger partial charge in [-0.1, -0.05) is 6.07 Å². The number of rotatable bonds is 5. The van der Waals surface area contributed by atoms with E-state index in [0.29, 0.717) is 18.2 Å². The van der Waals surface area contributed by atoms with Gasteiger partial charge in [0.25, 0.3) is 5.91 Å². The highest BCUT2D eigenvalue weighted by Gasteiger charge is 2.32. The molecule has 134 valence electrons. The van der Waals surface area contributed by atoms with Crippen molar-refractivity contribution in [3.05, 3.63) is 24.3 Å². The maximum absolute atomic E-state index is 12.4. The van der Waals surface area contributed by atoms with E-state index in [0.717, 1.165) is 38.2 Å². The molecule has 2 amide bonds. The van der Waals surface area contributed by atoms with Crippen molar-refractivity contribution in [1.29, 1.82) is 0 Å². The summed E-state index contributed by atoms with van der Waals surface area (Å²) in [6, 6.07) is 8.00. The molecule has 4 rings (SSSR count). The molecule has 3 aliphatic heterocycles. The fourth-order valence-corrected chi connectivity index (χ4v) is 3.87. The number of benzene rings is 1. The van der Waals surface area contributed by atoms with Crippen LogP contribution in [0, 0.1) is 0 Å². The van der Waals surface area contributed by atoms with Crippen LogP contribution in [0.15, 0.2) is 24.3 Å². The number of anilines is 1. The van der Waals surface area contributed by atoms with Crippen LogP contribution in [0.25, 0.3) is 0 Å². The molecule has 1 aromatic carbocycles. The number of nitrogens with zero attached hydrogens (tertiary/aromatic N) is 3. The minimum absolute atomic E-state index is 0.0469. The topological polar surface area (TPSA) is 53.1 Å². The van der Waals surface area contributed by atoms with E-state index in [9.17, 15) is 9.59 Å². The predicted octanol–water partition coefficient (Wildman–Crippen LogP) is 1.50. The van der Waals surface area contributed by atoms with Gasteiger partial charge in [-0.05, 0) is 44.5 Å². The zero-order valence-corrected chi connectivity index (χ0v) is 14.5. The Bertz CT molecular complexity index is 659. The summed E-state index contributed by atoms with van der Waals surface area (Å²) in [6.45, 7) is 4.81. The molecule has 3 saturated heterocycles. The Labute approximate surface area is 148 Å². The van der Waals surface area contributed by atoms with Gasteiger partial charge in [0.2, 0.25) is 5.91 Å². The summed E-state index contributed by atoms with van der Waals surface area (Å²) in [6.07, 6.45) is 3.86. The molecule has 6 heteroatoms. The third kappa shape index (κ3) is 3.49. The summed E-state index contributed by atoms with van der Waals surface area (Å²) < 4.78 is 5.71. The quantitative estimate of drug-likeness (QED) is 0.813. The maximum atomic E-state index is 12.4. The molecule has 0 aliphatic carbocycles. The average molecular weight is 343 g/mol. The third-order valence-corrected chi connectivity index (χ3v) is 5.49. The van der Waals surface area contributed by atoms with Gasteiger partial charge in [0, 0.05) is 43.9 Å². The zero-order valence-electron chi connectivity index (χ0n) is 14.5. The molecule has 0 saturated carbocycles. The zero-order chi connectivity index (χ0) is 17.2. The molecule has 6 nitrogen and oxygen atoms in total. The largest absolute Gasteiger partial charge is 0.484 e. The molecule has 3 fully saturated rings. The first kappa shape index (κ1) is 16.4. The van der Waals surface area contributed by atoms with Crippen LogP contribution in [0.4, 0.5) is 5.69 Å². The van der Waals surface area contributed by atoms with Crippen LogP contribution in [-0.4, -0.2) is 67.0 Å². The molecule has 1 unspecified atom stereocenters. The smallest absolute Gasteiger partial charge is 0.260 e. The summed E-state index contributed by atoms with van der Waals surface area (Å²) in [7, 11) is 0. The Morgan fingerprint density at radius 1 is 1.16 bits per heavy atom. The van der Waals surface area contributed by atoms with E-state index in [1.165, 1.54) is 19.5 Å². The highest BCUT2D eigenvalue weighted by molar-refractivity contribution is 5.95. The fourth-order valence-electron chi connectivity index (χ4n) is 3.87. The lowest BCUT2D eigenvalue weighted by atomic mass is 10.1. The molecule has 3 heterocycles.